The molecule has 0 saturated carbocycles. The maximum atomic E-state index is 11.7. The van der Waals surface area contributed by atoms with E-state index in [0.717, 1.165) is 0 Å². The summed E-state index contributed by atoms with van der Waals surface area (Å²) in [6.07, 6.45) is 0.626. The number of rotatable bonds is 7. The Morgan fingerprint density at radius 3 is 2.70 bits per heavy atom. The molecule has 1 N–H and O–H groups in total. The number of anilines is 1. The van der Waals surface area contributed by atoms with Crippen molar-refractivity contribution in [2.45, 2.75) is 33.2 Å². The Morgan fingerprint density at radius 2 is 2.15 bits per heavy atom. The van der Waals surface area contributed by atoms with Gasteiger partial charge in [-0.05, 0) is 19.3 Å². The third-order valence-corrected chi connectivity index (χ3v) is 3.25. The van der Waals surface area contributed by atoms with Crippen LogP contribution in [0, 0.1) is 5.92 Å². The zero-order valence-electron chi connectivity index (χ0n) is 12.1. The second kappa shape index (κ2) is 7.84. The summed E-state index contributed by atoms with van der Waals surface area (Å²) in [5, 5.41) is 5.11. The van der Waals surface area contributed by atoms with Crippen molar-refractivity contribution in [3.8, 4) is 0 Å². The highest BCUT2D eigenvalue weighted by Gasteiger charge is 2.22. The third kappa shape index (κ3) is 4.80. The molecule has 0 aliphatic heterocycles. The van der Waals surface area contributed by atoms with Crippen LogP contribution in [0.3, 0.4) is 0 Å². The minimum absolute atomic E-state index is 0.243. The van der Waals surface area contributed by atoms with Gasteiger partial charge in [0.1, 0.15) is 6.04 Å². The molecule has 0 saturated heterocycles. The number of thiazole rings is 1. The number of carbonyl (C=O) groups is 2. The van der Waals surface area contributed by atoms with Crippen LogP contribution in [0.15, 0.2) is 5.38 Å². The molecule has 112 valence electrons. The van der Waals surface area contributed by atoms with Crippen LogP contribution in [-0.2, 0) is 14.3 Å². The first-order chi connectivity index (χ1) is 9.47. The fourth-order valence-electron chi connectivity index (χ4n) is 1.62. The van der Waals surface area contributed by atoms with Crippen LogP contribution in [0.4, 0.5) is 5.13 Å². The van der Waals surface area contributed by atoms with Crippen molar-refractivity contribution >= 4 is 28.4 Å². The first-order valence-corrected chi connectivity index (χ1v) is 7.32. The fraction of sp³-hybridized carbons (Fsp3) is 0.615. The summed E-state index contributed by atoms with van der Waals surface area (Å²) in [5.41, 5.74) is 0.243. The molecule has 1 heterocycles. The van der Waals surface area contributed by atoms with E-state index in [1.165, 1.54) is 18.4 Å². The molecule has 0 fully saturated rings. The van der Waals surface area contributed by atoms with E-state index in [1.54, 1.807) is 12.3 Å². The van der Waals surface area contributed by atoms with Crippen LogP contribution in [0.1, 0.15) is 37.7 Å². The minimum atomic E-state index is -0.471. The van der Waals surface area contributed by atoms with Crippen molar-refractivity contribution in [2.75, 3.05) is 19.0 Å². The van der Waals surface area contributed by atoms with Gasteiger partial charge in [-0.15, -0.1) is 11.3 Å². The Hall–Kier alpha value is -1.63. The second-order valence-corrected chi connectivity index (χ2v) is 5.47. The summed E-state index contributed by atoms with van der Waals surface area (Å²) in [4.78, 5) is 27.3. The molecule has 0 aromatic carbocycles. The highest BCUT2D eigenvalue weighted by Crippen LogP contribution is 2.19. The average molecular weight is 300 g/mol. The lowest BCUT2D eigenvalue weighted by Gasteiger charge is -2.17. The zero-order chi connectivity index (χ0) is 15.1. The number of nitrogens with zero attached hydrogens (tertiary/aromatic N) is 1. The molecule has 1 rings (SSSR count). The fourth-order valence-corrected chi connectivity index (χ4v) is 2.35. The molecular weight excluding hydrogens is 280 g/mol. The van der Waals surface area contributed by atoms with E-state index in [9.17, 15) is 9.59 Å². The summed E-state index contributed by atoms with van der Waals surface area (Å²) in [6, 6.07) is -0.471. The van der Waals surface area contributed by atoms with Crippen molar-refractivity contribution in [1.29, 1.82) is 0 Å². The van der Waals surface area contributed by atoms with E-state index in [4.69, 9.17) is 9.47 Å². The number of aromatic nitrogens is 1. The molecule has 0 spiro atoms. The maximum Gasteiger partial charge on any atom is 0.357 e. The molecule has 0 amide bonds. The molecule has 1 aromatic rings. The van der Waals surface area contributed by atoms with Crippen LogP contribution < -0.4 is 5.32 Å². The zero-order valence-corrected chi connectivity index (χ0v) is 13.0. The molecule has 0 bridgehead atoms. The summed E-state index contributed by atoms with van der Waals surface area (Å²) < 4.78 is 9.63. The van der Waals surface area contributed by atoms with Gasteiger partial charge in [0.25, 0.3) is 0 Å². The number of carbonyl (C=O) groups excluding carboxylic acids is 2. The number of methoxy groups -OCH3 is 1. The van der Waals surface area contributed by atoms with Gasteiger partial charge in [0, 0.05) is 5.38 Å². The van der Waals surface area contributed by atoms with Gasteiger partial charge in [-0.1, -0.05) is 13.8 Å². The Balaban J connectivity index is 2.73. The van der Waals surface area contributed by atoms with E-state index < -0.39 is 12.0 Å². The SMILES string of the molecule is CCOC(=O)c1csc(NC(CC(C)C)C(=O)OC)n1. The number of ether oxygens (including phenoxy) is 2. The van der Waals surface area contributed by atoms with E-state index in [0.29, 0.717) is 24.1 Å². The molecule has 1 unspecified atom stereocenters. The van der Waals surface area contributed by atoms with Crippen LogP contribution in [0.2, 0.25) is 0 Å². The van der Waals surface area contributed by atoms with Crippen LogP contribution >= 0.6 is 11.3 Å². The molecular formula is C13H20N2O4S. The Bertz CT molecular complexity index is 459. The molecule has 0 aliphatic carbocycles. The van der Waals surface area contributed by atoms with E-state index >= 15 is 0 Å². The number of esters is 2. The Labute approximate surface area is 122 Å². The lowest BCUT2D eigenvalue weighted by Crippen LogP contribution is -2.32. The van der Waals surface area contributed by atoms with Gasteiger partial charge in [0.15, 0.2) is 10.8 Å². The van der Waals surface area contributed by atoms with Gasteiger partial charge in [-0.2, -0.15) is 0 Å². The first kappa shape index (κ1) is 16.4. The lowest BCUT2D eigenvalue weighted by atomic mass is 10.0. The Morgan fingerprint density at radius 1 is 1.45 bits per heavy atom. The van der Waals surface area contributed by atoms with Crippen LogP contribution in [-0.4, -0.2) is 36.7 Å². The average Bonchev–Trinajstić information content (AvgIpc) is 2.85. The first-order valence-electron chi connectivity index (χ1n) is 6.44. The van der Waals surface area contributed by atoms with Crippen molar-refractivity contribution in [3.05, 3.63) is 11.1 Å². The largest absolute Gasteiger partial charge is 0.467 e. The molecule has 1 aromatic heterocycles. The maximum absolute atomic E-state index is 11.7. The van der Waals surface area contributed by atoms with Gasteiger partial charge in [0.2, 0.25) is 0 Å². The Kier molecular flexibility index (Phi) is 6.44. The lowest BCUT2D eigenvalue weighted by molar-refractivity contribution is -0.141. The van der Waals surface area contributed by atoms with Gasteiger partial charge in [0.05, 0.1) is 13.7 Å². The predicted molar refractivity (Wildman–Crippen MR) is 77.0 cm³/mol. The van der Waals surface area contributed by atoms with Gasteiger partial charge >= 0.3 is 11.9 Å². The van der Waals surface area contributed by atoms with Crippen molar-refractivity contribution in [2.24, 2.45) is 5.92 Å². The second-order valence-electron chi connectivity index (χ2n) is 4.61. The summed E-state index contributed by atoms with van der Waals surface area (Å²) >= 11 is 1.26. The highest BCUT2D eigenvalue weighted by molar-refractivity contribution is 7.13. The van der Waals surface area contributed by atoms with Crippen LogP contribution in [0.25, 0.3) is 0 Å². The van der Waals surface area contributed by atoms with Gasteiger partial charge in [-0.25, -0.2) is 14.6 Å². The highest BCUT2D eigenvalue weighted by atomic mass is 32.1. The third-order valence-electron chi connectivity index (χ3n) is 2.48. The number of hydrogen-bond donors (Lipinski definition) is 1. The minimum Gasteiger partial charge on any atom is -0.467 e. The number of nitrogens with one attached hydrogen (secondary N) is 1. The summed E-state index contributed by atoms with van der Waals surface area (Å²) in [6.45, 7) is 6.07. The summed E-state index contributed by atoms with van der Waals surface area (Å²) in [5.74, 6) is -0.474. The standard InChI is InChI=1S/C13H20N2O4S/c1-5-19-12(17)10-7-20-13(15-10)14-9(6-8(2)3)11(16)18-4/h7-9H,5-6H2,1-4H3,(H,14,15). The van der Waals surface area contributed by atoms with Crippen molar-refractivity contribution in [3.63, 3.8) is 0 Å². The molecule has 0 aliphatic rings. The van der Waals surface area contributed by atoms with Crippen molar-refractivity contribution < 1.29 is 19.1 Å². The normalized spacial score (nSPS) is 12.1. The van der Waals surface area contributed by atoms with E-state index in [1.807, 2.05) is 13.8 Å². The molecule has 6 nitrogen and oxygen atoms in total. The smallest absolute Gasteiger partial charge is 0.357 e. The van der Waals surface area contributed by atoms with Gasteiger partial charge in [-0.3, -0.25) is 0 Å². The number of hydrogen-bond acceptors (Lipinski definition) is 7. The van der Waals surface area contributed by atoms with Gasteiger partial charge < -0.3 is 14.8 Å². The van der Waals surface area contributed by atoms with E-state index in [-0.39, 0.29) is 11.7 Å². The topological polar surface area (TPSA) is 77.5 Å². The molecule has 1 atom stereocenters. The van der Waals surface area contributed by atoms with Crippen LogP contribution in [0.5, 0.6) is 0 Å². The molecule has 7 heteroatoms. The van der Waals surface area contributed by atoms with Crippen molar-refractivity contribution in [1.82, 2.24) is 4.98 Å². The molecule has 20 heavy (non-hydrogen) atoms. The quantitative estimate of drug-likeness (QED) is 0.779. The molecule has 0 radical (unpaired) electrons. The monoisotopic (exact) mass is 300 g/mol. The summed E-state index contributed by atoms with van der Waals surface area (Å²) in [7, 11) is 1.35. The predicted octanol–water partition coefficient (Wildman–Crippen LogP) is 2.32. The van der Waals surface area contributed by atoms with E-state index in [2.05, 4.69) is 10.3 Å².